The molecular weight excluding hydrogens is 280 g/mol. The first kappa shape index (κ1) is 11.6. The first-order chi connectivity index (χ1) is 8.19. The summed E-state index contributed by atoms with van der Waals surface area (Å²) in [5.74, 6) is 1.18. The summed E-state index contributed by atoms with van der Waals surface area (Å²) in [5, 5.41) is 12.0. The standard InChI is InChI=1S/C12H9BrN4/c1-8-15-9(7-14)6-12(16-8)17-11-5-3-2-4-10(11)13/h2-6H,1H3,(H,15,16,17). The average Bonchev–Trinajstić information content (AvgIpc) is 2.31. The van der Waals surface area contributed by atoms with Gasteiger partial charge >= 0.3 is 0 Å². The van der Waals surface area contributed by atoms with Gasteiger partial charge in [-0.2, -0.15) is 5.26 Å². The zero-order valence-corrected chi connectivity index (χ0v) is 10.7. The third kappa shape index (κ3) is 2.80. The molecule has 0 aliphatic heterocycles. The molecule has 1 aromatic carbocycles. The maximum absolute atomic E-state index is 8.83. The highest BCUT2D eigenvalue weighted by atomic mass is 79.9. The molecule has 0 aliphatic carbocycles. The molecule has 17 heavy (non-hydrogen) atoms. The van der Waals surface area contributed by atoms with Crippen LogP contribution in [-0.2, 0) is 0 Å². The van der Waals surface area contributed by atoms with E-state index in [0.29, 0.717) is 17.3 Å². The molecule has 0 aliphatic rings. The number of halogens is 1. The van der Waals surface area contributed by atoms with Crippen LogP contribution in [0.2, 0.25) is 0 Å². The Kier molecular flexibility index (Phi) is 3.35. The number of nitriles is 1. The maximum atomic E-state index is 8.83. The summed E-state index contributed by atoms with van der Waals surface area (Å²) in [6, 6.07) is 11.3. The van der Waals surface area contributed by atoms with Gasteiger partial charge in [0.2, 0.25) is 0 Å². The van der Waals surface area contributed by atoms with Crippen LogP contribution in [0.25, 0.3) is 0 Å². The Hall–Kier alpha value is -1.93. The van der Waals surface area contributed by atoms with Crippen molar-refractivity contribution in [2.75, 3.05) is 5.32 Å². The van der Waals surface area contributed by atoms with Crippen molar-refractivity contribution in [1.29, 1.82) is 5.26 Å². The second-order valence-corrected chi connectivity index (χ2v) is 4.26. The molecule has 2 aromatic rings. The predicted octanol–water partition coefficient (Wildman–Crippen LogP) is 3.16. The minimum absolute atomic E-state index is 0.354. The van der Waals surface area contributed by atoms with Crippen molar-refractivity contribution in [2.45, 2.75) is 6.92 Å². The molecular formula is C12H9BrN4. The summed E-state index contributed by atoms with van der Waals surface area (Å²) in [6.07, 6.45) is 0. The highest BCUT2D eigenvalue weighted by Crippen LogP contribution is 2.24. The van der Waals surface area contributed by atoms with Crippen molar-refractivity contribution < 1.29 is 0 Å². The normalized spacial score (nSPS) is 9.71. The van der Waals surface area contributed by atoms with Gasteiger partial charge < -0.3 is 5.32 Å². The molecule has 4 nitrogen and oxygen atoms in total. The fraction of sp³-hybridized carbons (Fsp3) is 0.0833. The van der Waals surface area contributed by atoms with Gasteiger partial charge in [0.25, 0.3) is 0 Å². The van der Waals surface area contributed by atoms with Crippen LogP contribution < -0.4 is 5.32 Å². The van der Waals surface area contributed by atoms with Crippen molar-refractivity contribution in [3.8, 4) is 6.07 Å². The van der Waals surface area contributed by atoms with Gasteiger partial charge in [-0.25, -0.2) is 9.97 Å². The van der Waals surface area contributed by atoms with E-state index in [2.05, 4.69) is 31.2 Å². The molecule has 0 unspecified atom stereocenters. The topological polar surface area (TPSA) is 61.6 Å². The number of nitrogens with zero attached hydrogens (tertiary/aromatic N) is 3. The largest absolute Gasteiger partial charge is 0.339 e. The Bertz CT molecular complexity index is 589. The van der Waals surface area contributed by atoms with Crippen LogP contribution in [0, 0.1) is 18.3 Å². The molecule has 0 bridgehead atoms. The molecule has 0 atom stereocenters. The third-order valence-electron chi connectivity index (χ3n) is 2.09. The number of rotatable bonds is 2. The lowest BCUT2D eigenvalue weighted by Crippen LogP contribution is -1.99. The molecule has 5 heteroatoms. The molecule has 0 saturated carbocycles. The van der Waals surface area contributed by atoms with Gasteiger partial charge in [0, 0.05) is 10.5 Å². The van der Waals surface area contributed by atoms with Crippen LogP contribution in [0.1, 0.15) is 11.5 Å². The maximum Gasteiger partial charge on any atom is 0.146 e. The quantitative estimate of drug-likeness (QED) is 0.922. The lowest BCUT2D eigenvalue weighted by Gasteiger charge is -2.07. The molecule has 1 heterocycles. The summed E-state index contributed by atoms with van der Waals surface area (Å²) >= 11 is 3.44. The number of hydrogen-bond donors (Lipinski definition) is 1. The molecule has 1 aromatic heterocycles. The summed E-state index contributed by atoms with van der Waals surface area (Å²) in [6.45, 7) is 1.76. The molecule has 0 fully saturated rings. The van der Waals surface area contributed by atoms with E-state index in [4.69, 9.17) is 5.26 Å². The van der Waals surface area contributed by atoms with E-state index in [-0.39, 0.29) is 0 Å². The van der Waals surface area contributed by atoms with Crippen LogP contribution in [0.15, 0.2) is 34.8 Å². The fourth-order valence-electron chi connectivity index (χ4n) is 1.39. The number of aromatic nitrogens is 2. The van der Waals surface area contributed by atoms with Gasteiger partial charge in [0.05, 0.1) is 5.69 Å². The molecule has 0 amide bonds. The SMILES string of the molecule is Cc1nc(C#N)cc(Nc2ccccc2Br)n1. The van der Waals surface area contributed by atoms with E-state index in [1.807, 2.05) is 30.3 Å². The second-order valence-electron chi connectivity index (χ2n) is 3.40. The zero-order chi connectivity index (χ0) is 12.3. The molecule has 0 radical (unpaired) electrons. The molecule has 84 valence electrons. The van der Waals surface area contributed by atoms with Gasteiger partial charge in [0.1, 0.15) is 23.4 Å². The van der Waals surface area contributed by atoms with E-state index in [1.54, 1.807) is 13.0 Å². The number of aryl methyl sites for hydroxylation is 1. The van der Waals surface area contributed by atoms with Crippen LogP contribution >= 0.6 is 15.9 Å². The predicted molar refractivity (Wildman–Crippen MR) is 68.9 cm³/mol. The second kappa shape index (κ2) is 4.93. The minimum atomic E-state index is 0.354. The minimum Gasteiger partial charge on any atom is -0.339 e. The Balaban J connectivity index is 2.34. The van der Waals surface area contributed by atoms with E-state index in [1.165, 1.54) is 0 Å². The van der Waals surface area contributed by atoms with Crippen molar-refractivity contribution in [1.82, 2.24) is 9.97 Å². The van der Waals surface area contributed by atoms with Crippen LogP contribution in [0.4, 0.5) is 11.5 Å². The monoisotopic (exact) mass is 288 g/mol. The molecule has 2 rings (SSSR count). The van der Waals surface area contributed by atoms with Crippen molar-refractivity contribution in [3.63, 3.8) is 0 Å². The number of hydrogen-bond acceptors (Lipinski definition) is 4. The van der Waals surface area contributed by atoms with Crippen molar-refractivity contribution in [3.05, 3.63) is 46.3 Å². The Morgan fingerprint density at radius 2 is 2.06 bits per heavy atom. The summed E-state index contributed by atoms with van der Waals surface area (Å²) in [4.78, 5) is 8.22. The molecule has 0 saturated heterocycles. The number of benzene rings is 1. The summed E-state index contributed by atoms with van der Waals surface area (Å²) < 4.78 is 0.940. The van der Waals surface area contributed by atoms with Crippen LogP contribution in [0.5, 0.6) is 0 Å². The van der Waals surface area contributed by atoms with E-state index < -0.39 is 0 Å². The van der Waals surface area contributed by atoms with Crippen LogP contribution in [0.3, 0.4) is 0 Å². The number of anilines is 2. The van der Waals surface area contributed by atoms with E-state index in [9.17, 15) is 0 Å². The fourth-order valence-corrected chi connectivity index (χ4v) is 1.77. The zero-order valence-electron chi connectivity index (χ0n) is 9.11. The lowest BCUT2D eigenvalue weighted by atomic mass is 10.3. The Morgan fingerprint density at radius 3 is 2.76 bits per heavy atom. The van der Waals surface area contributed by atoms with Gasteiger partial charge in [-0.05, 0) is 35.0 Å². The summed E-state index contributed by atoms with van der Waals surface area (Å²) in [7, 11) is 0. The Morgan fingerprint density at radius 1 is 1.29 bits per heavy atom. The van der Waals surface area contributed by atoms with Gasteiger partial charge in [-0.15, -0.1) is 0 Å². The first-order valence-corrected chi connectivity index (χ1v) is 5.75. The van der Waals surface area contributed by atoms with Crippen LogP contribution in [-0.4, -0.2) is 9.97 Å². The highest BCUT2D eigenvalue weighted by Gasteiger charge is 2.03. The Labute approximate surface area is 107 Å². The molecule has 1 N–H and O–H groups in total. The highest BCUT2D eigenvalue weighted by molar-refractivity contribution is 9.10. The average molecular weight is 289 g/mol. The lowest BCUT2D eigenvalue weighted by molar-refractivity contribution is 1.04. The van der Waals surface area contributed by atoms with Gasteiger partial charge in [0.15, 0.2) is 0 Å². The van der Waals surface area contributed by atoms with Gasteiger partial charge in [-0.1, -0.05) is 12.1 Å². The smallest absolute Gasteiger partial charge is 0.146 e. The molecule has 0 spiro atoms. The van der Waals surface area contributed by atoms with Gasteiger partial charge in [-0.3, -0.25) is 0 Å². The number of para-hydroxylation sites is 1. The van der Waals surface area contributed by atoms with Crippen molar-refractivity contribution >= 4 is 27.4 Å². The van der Waals surface area contributed by atoms with E-state index in [0.717, 1.165) is 10.2 Å². The van der Waals surface area contributed by atoms with Crippen molar-refractivity contribution in [2.24, 2.45) is 0 Å². The third-order valence-corrected chi connectivity index (χ3v) is 2.78. The number of nitrogens with one attached hydrogen (secondary N) is 1. The first-order valence-electron chi connectivity index (χ1n) is 4.96. The van der Waals surface area contributed by atoms with E-state index >= 15 is 0 Å². The summed E-state index contributed by atoms with van der Waals surface area (Å²) in [5.41, 5.74) is 1.25.